The molecule has 0 bridgehead atoms. The zero-order chi connectivity index (χ0) is 19.6. The number of aromatic nitrogens is 2. The van der Waals surface area contributed by atoms with Crippen molar-refractivity contribution < 1.29 is 9.84 Å². The van der Waals surface area contributed by atoms with Crippen LogP contribution in [-0.4, -0.2) is 45.3 Å². The molecule has 1 aromatic carbocycles. The highest BCUT2D eigenvalue weighted by molar-refractivity contribution is 5.28. The topological polar surface area (TPSA) is 58.5 Å². The number of hydrogen-bond donors (Lipinski definition) is 1. The molecule has 3 atom stereocenters. The Kier molecular flexibility index (Phi) is 5.65. The van der Waals surface area contributed by atoms with E-state index in [2.05, 4.69) is 27.0 Å². The van der Waals surface area contributed by atoms with Crippen LogP contribution in [0.25, 0.3) is 0 Å². The lowest BCUT2D eigenvalue weighted by molar-refractivity contribution is -0.124. The van der Waals surface area contributed by atoms with Gasteiger partial charge in [-0.3, -0.25) is 4.90 Å². The zero-order valence-corrected chi connectivity index (χ0v) is 17.0. The highest BCUT2D eigenvalue weighted by Gasteiger charge is 2.48. The van der Waals surface area contributed by atoms with Gasteiger partial charge in [-0.05, 0) is 56.4 Å². The second kappa shape index (κ2) is 8.18. The van der Waals surface area contributed by atoms with Gasteiger partial charge >= 0.3 is 0 Å². The van der Waals surface area contributed by atoms with Gasteiger partial charge in [-0.1, -0.05) is 25.0 Å². The first-order chi connectivity index (χ1) is 13.6. The van der Waals surface area contributed by atoms with Crippen LogP contribution in [0.4, 0.5) is 0 Å². The lowest BCUT2D eigenvalue weighted by atomic mass is 9.66. The number of piperidine rings is 1. The van der Waals surface area contributed by atoms with Gasteiger partial charge in [-0.15, -0.1) is 0 Å². The molecule has 4 rings (SSSR count). The minimum absolute atomic E-state index is 0.319. The van der Waals surface area contributed by atoms with E-state index in [4.69, 9.17) is 4.74 Å². The highest BCUT2D eigenvalue weighted by Crippen LogP contribution is 2.44. The summed E-state index contributed by atoms with van der Waals surface area (Å²) in [5.41, 5.74) is 1.85. The van der Waals surface area contributed by atoms with Crippen molar-refractivity contribution >= 4 is 0 Å². The molecular weight excluding hydrogens is 350 g/mol. The molecule has 150 valence electrons. The minimum atomic E-state index is -0.506. The third-order valence-electron chi connectivity index (χ3n) is 6.63. The van der Waals surface area contributed by atoms with Gasteiger partial charge in [0.25, 0.3) is 0 Å². The molecular formula is C23H31N3O2. The van der Waals surface area contributed by atoms with Crippen molar-refractivity contribution in [3.63, 3.8) is 0 Å². The Morgan fingerprint density at radius 1 is 1.18 bits per heavy atom. The quantitative estimate of drug-likeness (QED) is 0.859. The van der Waals surface area contributed by atoms with E-state index in [1.807, 2.05) is 31.3 Å². The third-order valence-corrected chi connectivity index (χ3v) is 6.63. The van der Waals surface area contributed by atoms with Crippen LogP contribution in [0.5, 0.6) is 5.75 Å². The van der Waals surface area contributed by atoms with Crippen molar-refractivity contribution in [3.8, 4) is 5.75 Å². The number of aliphatic hydroxyl groups is 1. The summed E-state index contributed by atoms with van der Waals surface area (Å²) >= 11 is 0. The number of ether oxygens (including phenoxy) is 1. The standard InChI is InChI=1S/C23H31N3O2/c1-17-24-13-10-19(25-17)16-26-14-12-23(27)11-4-3-5-21(23)22(26)15-18-6-8-20(28-2)9-7-18/h6-10,13,21-22,27H,3-5,11-12,14-16H2,1-2H3/t21-,22-,23+/m1/s1. The van der Waals surface area contributed by atoms with Crippen molar-refractivity contribution in [2.24, 2.45) is 5.92 Å². The van der Waals surface area contributed by atoms with Gasteiger partial charge in [0.05, 0.1) is 18.4 Å². The smallest absolute Gasteiger partial charge is 0.125 e. The van der Waals surface area contributed by atoms with Gasteiger partial charge in [0.15, 0.2) is 0 Å². The molecule has 5 nitrogen and oxygen atoms in total. The Labute approximate surface area is 167 Å². The summed E-state index contributed by atoms with van der Waals surface area (Å²) in [4.78, 5) is 11.4. The molecule has 28 heavy (non-hydrogen) atoms. The molecule has 1 saturated carbocycles. The van der Waals surface area contributed by atoms with Crippen LogP contribution in [0, 0.1) is 12.8 Å². The fourth-order valence-corrected chi connectivity index (χ4v) is 5.14. The monoisotopic (exact) mass is 381 g/mol. The van der Waals surface area contributed by atoms with Gasteiger partial charge < -0.3 is 9.84 Å². The molecule has 0 spiro atoms. The molecule has 0 amide bonds. The van der Waals surface area contributed by atoms with Crippen LogP contribution >= 0.6 is 0 Å². The molecule has 2 aromatic rings. The molecule has 0 radical (unpaired) electrons. The highest BCUT2D eigenvalue weighted by atomic mass is 16.5. The fourth-order valence-electron chi connectivity index (χ4n) is 5.14. The number of benzene rings is 1. The second-order valence-electron chi connectivity index (χ2n) is 8.39. The Morgan fingerprint density at radius 3 is 2.75 bits per heavy atom. The summed E-state index contributed by atoms with van der Waals surface area (Å²) in [6.45, 7) is 3.67. The summed E-state index contributed by atoms with van der Waals surface area (Å²) in [6.07, 6.45) is 8.06. The first kappa shape index (κ1) is 19.3. The first-order valence-electron chi connectivity index (χ1n) is 10.5. The molecule has 5 heteroatoms. The van der Waals surface area contributed by atoms with Crippen molar-refractivity contribution in [2.45, 2.75) is 63.6 Å². The Bertz CT molecular complexity index is 795. The summed E-state index contributed by atoms with van der Waals surface area (Å²) in [7, 11) is 1.70. The van der Waals surface area contributed by atoms with E-state index in [0.29, 0.717) is 12.0 Å². The fraction of sp³-hybridized carbons (Fsp3) is 0.565. The molecule has 1 N–H and O–H groups in total. The zero-order valence-electron chi connectivity index (χ0n) is 17.0. The number of rotatable bonds is 5. The summed E-state index contributed by atoms with van der Waals surface area (Å²) in [5.74, 6) is 2.02. The average Bonchev–Trinajstić information content (AvgIpc) is 2.70. The number of methoxy groups -OCH3 is 1. The van der Waals surface area contributed by atoms with E-state index in [-0.39, 0.29) is 0 Å². The van der Waals surface area contributed by atoms with Gasteiger partial charge in [-0.25, -0.2) is 9.97 Å². The Balaban J connectivity index is 1.59. The van der Waals surface area contributed by atoms with Crippen LogP contribution in [-0.2, 0) is 13.0 Å². The van der Waals surface area contributed by atoms with Crippen LogP contribution in [0.15, 0.2) is 36.5 Å². The largest absolute Gasteiger partial charge is 0.497 e. The molecule has 2 fully saturated rings. The van der Waals surface area contributed by atoms with Gasteiger partial charge in [0.1, 0.15) is 11.6 Å². The van der Waals surface area contributed by atoms with E-state index in [0.717, 1.165) is 62.5 Å². The van der Waals surface area contributed by atoms with Gasteiger partial charge in [0.2, 0.25) is 0 Å². The van der Waals surface area contributed by atoms with Crippen molar-refractivity contribution in [1.29, 1.82) is 0 Å². The van der Waals surface area contributed by atoms with E-state index >= 15 is 0 Å². The second-order valence-corrected chi connectivity index (χ2v) is 8.39. The molecule has 2 heterocycles. The van der Waals surface area contributed by atoms with E-state index in [1.54, 1.807) is 7.11 Å². The maximum Gasteiger partial charge on any atom is 0.125 e. The average molecular weight is 382 g/mol. The minimum Gasteiger partial charge on any atom is -0.497 e. The molecule has 1 aliphatic heterocycles. The predicted molar refractivity (Wildman–Crippen MR) is 109 cm³/mol. The lowest BCUT2D eigenvalue weighted by Crippen LogP contribution is -2.59. The van der Waals surface area contributed by atoms with Crippen molar-refractivity contribution in [1.82, 2.24) is 14.9 Å². The van der Waals surface area contributed by atoms with Crippen molar-refractivity contribution in [3.05, 3.63) is 53.6 Å². The number of fused-ring (bicyclic) bond motifs is 1. The van der Waals surface area contributed by atoms with Gasteiger partial charge in [-0.2, -0.15) is 0 Å². The summed E-state index contributed by atoms with van der Waals surface area (Å²) in [5, 5.41) is 11.4. The Morgan fingerprint density at radius 2 is 2.00 bits per heavy atom. The number of hydrogen-bond acceptors (Lipinski definition) is 5. The Hall–Kier alpha value is -1.98. The maximum absolute atomic E-state index is 11.4. The van der Waals surface area contributed by atoms with Crippen molar-refractivity contribution in [2.75, 3.05) is 13.7 Å². The van der Waals surface area contributed by atoms with E-state index in [9.17, 15) is 5.11 Å². The van der Waals surface area contributed by atoms with Crippen LogP contribution in [0.3, 0.4) is 0 Å². The molecule has 1 aliphatic carbocycles. The first-order valence-corrected chi connectivity index (χ1v) is 10.5. The predicted octanol–water partition coefficient (Wildman–Crippen LogP) is 3.53. The van der Waals surface area contributed by atoms with Crippen LogP contribution < -0.4 is 4.74 Å². The third kappa shape index (κ3) is 4.06. The SMILES string of the molecule is COc1ccc(C[C@@H]2[C@H]3CCCC[C@]3(O)CCN2Cc2ccnc(C)n2)cc1. The lowest BCUT2D eigenvalue weighted by Gasteiger charge is -2.52. The van der Waals surface area contributed by atoms with E-state index < -0.39 is 5.60 Å². The van der Waals surface area contributed by atoms with Crippen LogP contribution in [0.1, 0.15) is 49.2 Å². The summed E-state index contributed by atoms with van der Waals surface area (Å²) < 4.78 is 5.31. The molecule has 0 unspecified atom stereocenters. The molecule has 1 aromatic heterocycles. The molecule has 2 aliphatic rings. The van der Waals surface area contributed by atoms with Gasteiger partial charge in [0, 0.05) is 31.2 Å². The van der Waals surface area contributed by atoms with Crippen LogP contribution in [0.2, 0.25) is 0 Å². The van der Waals surface area contributed by atoms with E-state index in [1.165, 1.54) is 12.0 Å². The molecule has 1 saturated heterocycles. The number of likely N-dealkylation sites (tertiary alicyclic amines) is 1. The number of aryl methyl sites for hydroxylation is 1. The maximum atomic E-state index is 11.4. The number of nitrogens with zero attached hydrogens (tertiary/aromatic N) is 3. The normalized spacial score (nSPS) is 28.0. The summed E-state index contributed by atoms with van der Waals surface area (Å²) in [6, 6.07) is 10.7.